The van der Waals surface area contributed by atoms with Crippen LogP contribution in [-0.4, -0.2) is 9.46 Å². The summed E-state index contributed by atoms with van der Waals surface area (Å²) < 4.78 is 17.4. The van der Waals surface area contributed by atoms with Crippen LogP contribution in [0.25, 0.3) is 0 Å². The molecule has 0 aromatic carbocycles. The van der Waals surface area contributed by atoms with Gasteiger partial charge < -0.3 is 0 Å². The SMILES string of the molecule is CC(C)S(=N)(=O)I. The van der Waals surface area contributed by atoms with Crippen LogP contribution in [0, 0.1) is 4.78 Å². The van der Waals surface area contributed by atoms with Gasteiger partial charge in [-0.3, -0.25) is 0 Å². The maximum absolute atomic E-state index is 10.5. The minimum Gasteiger partial charge on any atom is -0.244 e. The Morgan fingerprint density at radius 1 is 1.71 bits per heavy atom. The van der Waals surface area contributed by atoms with Gasteiger partial charge in [0.1, 0.15) is 6.90 Å². The van der Waals surface area contributed by atoms with Gasteiger partial charge in [0.15, 0.2) is 0 Å². The van der Waals surface area contributed by atoms with Gasteiger partial charge in [0, 0.05) is 26.5 Å². The van der Waals surface area contributed by atoms with E-state index in [1.165, 1.54) is 0 Å². The lowest BCUT2D eigenvalue weighted by Gasteiger charge is -1.98. The lowest BCUT2D eigenvalue weighted by atomic mass is 10.6. The fourth-order valence-electron chi connectivity index (χ4n) is 0. The number of hydrogen-bond donors (Lipinski definition) is 1. The molecule has 0 saturated carbocycles. The van der Waals surface area contributed by atoms with Crippen molar-refractivity contribution < 1.29 is 4.21 Å². The quantitative estimate of drug-likeness (QED) is 0.544. The van der Waals surface area contributed by atoms with Crippen molar-refractivity contribution in [2.75, 3.05) is 0 Å². The van der Waals surface area contributed by atoms with Crippen molar-refractivity contribution in [2.24, 2.45) is 0 Å². The molecule has 2 nitrogen and oxygen atoms in total. The van der Waals surface area contributed by atoms with Crippen LogP contribution in [0.15, 0.2) is 0 Å². The highest BCUT2D eigenvalue weighted by Gasteiger charge is 2.03. The van der Waals surface area contributed by atoms with Gasteiger partial charge in [-0.05, 0) is 13.8 Å². The zero-order valence-electron chi connectivity index (χ0n) is 4.27. The Balaban J connectivity index is 4.10. The van der Waals surface area contributed by atoms with Crippen molar-refractivity contribution in [2.45, 2.75) is 19.1 Å². The molecule has 1 unspecified atom stereocenters. The maximum Gasteiger partial charge on any atom is 0.101 e. The second-order valence-corrected chi connectivity index (χ2v) is 7.50. The molecule has 0 saturated heterocycles. The Kier molecular flexibility index (Phi) is 2.52. The Bertz CT molecular complexity index is 137. The fraction of sp³-hybridized carbons (Fsp3) is 1.00. The standard InChI is InChI=1S/C3H8INOS/c1-3(2)7(4,5)6/h3,5H,1-2H3. The number of nitrogens with one attached hydrogen (secondary N) is 1. The first-order chi connectivity index (χ1) is 2.94. The van der Waals surface area contributed by atoms with Crippen LogP contribution < -0.4 is 0 Å². The second kappa shape index (κ2) is 2.30. The van der Waals surface area contributed by atoms with E-state index in [-0.39, 0.29) is 5.25 Å². The molecule has 0 bridgehead atoms. The molecule has 0 aromatic rings. The fourth-order valence-corrected chi connectivity index (χ4v) is 0. The largest absolute Gasteiger partial charge is 0.244 e. The molecule has 0 amide bonds. The Morgan fingerprint density at radius 3 is 1.86 bits per heavy atom. The van der Waals surface area contributed by atoms with E-state index in [4.69, 9.17) is 4.78 Å². The van der Waals surface area contributed by atoms with Crippen LogP contribution in [0.5, 0.6) is 0 Å². The molecule has 4 heteroatoms. The van der Waals surface area contributed by atoms with Crippen LogP contribution >= 0.6 is 21.2 Å². The topological polar surface area (TPSA) is 40.9 Å². The van der Waals surface area contributed by atoms with Crippen LogP contribution in [0.2, 0.25) is 0 Å². The van der Waals surface area contributed by atoms with Gasteiger partial charge in [0.05, 0.1) is 0 Å². The summed E-state index contributed by atoms with van der Waals surface area (Å²) in [6.45, 7) is 1.29. The van der Waals surface area contributed by atoms with Crippen LogP contribution in [-0.2, 0) is 6.90 Å². The van der Waals surface area contributed by atoms with E-state index in [2.05, 4.69) is 0 Å². The minimum absolute atomic E-state index is 0.0203. The average Bonchev–Trinajstić information content (AvgIpc) is 1.31. The van der Waals surface area contributed by atoms with Crippen molar-refractivity contribution >= 4 is 28.1 Å². The summed E-state index contributed by atoms with van der Waals surface area (Å²) in [6.07, 6.45) is 0. The van der Waals surface area contributed by atoms with E-state index < -0.39 is 6.90 Å². The molecule has 0 aliphatic heterocycles. The number of hydrogen-bond acceptors (Lipinski definition) is 2. The molecular weight excluding hydrogens is 225 g/mol. The normalized spacial score (nSPS) is 19.4. The highest BCUT2D eigenvalue weighted by Crippen LogP contribution is 2.09. The smallest absolute Gasteiger partial charge is 0.101 e. The van der Waals surface area contributed by atoms with Gasteiger partial charge in [-0.15, -0.1) is 0 Å². The third-order valence-electron chi connectivity index (χ3n) is 0.606. The van der Waals surface area contributed by atoms with Crippen LogP contribution in [0.1, 0.15) is 13.8 Å². The molecule has 44 valence electrons. The van der Waals surface area contributed by atoms with Crippen LogP contribution in [0.4, 0.5) is 0 Å². The average molecular weight is 233 g/mol. The zero-order chi connectivity index (χ0) is 6.08. The first-order valence-electron chi connectivity index (χ1n) is 1.92. The van der Waals surface area contributed by atoms with Gasteiger partial charge >= 0.3 is 0 Å². The monoisotopic (exact) mass is 233 g/mol. The maximum atomic E-state index is 10.5. The molecule has 0 aliphatic rings. The summed E-state index contributed by atoms with van der Waals surface area (Å²) in [5.41, 5.74) is 0. The van der Waals surface area contributed by atoms with Gasteiger partial charge in [-0.2, -0.15) is 0 Å². The van der Waals surface area contributed by atoms with E-state index in [9.17, 15) is 4.21 Å². The summed E-state index contributed by atoms with van der Waals surface area (Å²) in [4.78, 5) is 0. The molecule has 0 radical (unpaired) electrons. The van der Waals surface area contributed by atoms with Gasteiger partial charge in [0.25, 0.3) is 0 Å². The third kappa shape index (κ3) is 3.28. The van der Waals surface area contributed by atoms with Crippen molar-refractivity contribution in [1.82, 2.24) is 0 Å². The Morgan fingerprint density at radius 2 is 1.86 bits per heavy atom. The Hall–Kier alpha value is 0.680. The first kappa shape index (κ1) is 7.68. The number of rotatable bonds is 1. The van der Waals surface area contributed by atoms with Gasteiger partial charge in [0.2, 0.25) is 0 Å². The first-order valence-corrected chi connectivity index (χ1v) is 6.08. The lowest BCUT2D eigenvalue weighted by Crippen LogP contribution is -2.01. The highest BCUT2D eigenvalue weighted by atomic mass is 127. The van der Waals surface area contributed by atoms with E-state index in [0.29, 0.717) is 0 Å². The van der Waals surface area contributed by atoms with E-state index in [1.54, 1.807) is 35.1 Å². The zero-order valence-corrected chi connectivity index (χ0v) is 7.25. The van der Waals surface area contributed by atoms with Crippen molar-refractivity contribution in [1.29, 1.82) is 4.78 Å². The summed E-state index contributed by atoms with van der Waals surface area (Å²) in [6, 6.07) is 0. The van der Waals surface area contributed by atoms with Gasteiger partial charge in [-0.25, -0.2) is 8.99 Å². The molecule has 0 aromatic heterocycles. The summed E-state index contributed by atoms with van der Waals surface area (Å²) in [5.74, 6) is 0. The predicted octanol–water partition coefficient (Wildman–Crippen LogP) is 1.79. The van der Waals surface area contributed by atoms with Crippen molar-refractivity contribution in [3.05, 3.63) is 0 Å². The molecule has 0 rings (SSSR count). The molecule has 0 spiro atoms. The lowest BCUT2D eigenvalue weighted by molar-refractivity contribution is 0.680. The van der Waals surface area contributed by atoms with Crippen molar-refractivity contribution in [3.8, 4) is 0 Å². The van der Waals surface area contributed by atoms with E-state index >= 15 is 0 Å². The molecule has 1 N–H and O–H groups in total. The molecule has 7 heavy (non-hydrogen) atoms. The minimum atomic E-state index is -2.27. The van der Waals surface area contributed by atoms with Crippen LogP contribution in [0.3, 0.4) is 0 Å². The van der Waals surface area contributed by atoms with E-state index in [0.717, 1.165) is 0 Å². The van der Waals surface area contributed by atoms with Gasteiger partial charge in [-0.1, -0.05) is 0 Å². The molecule has 0 heterocycles. The summed E-state index contributed by atoms with van der Waals surface area (Å²) in [5, 5.41) is -0.0203. The van der Waals surface area contributed by atoms with Crippen molar-refractivity contribution in [3.63, 3.8) is 0 Å². The summed E-state index contributed by atoms with van der Waals surface area (Å²) >= 11 is 1.66. The predicted molar refractivity (Wildman–Crippen MR) is 40.0 cm³/mol. The second-order valence-electron chi connectivity index (χ2n) is 1.58. The highest BCUT2D eigenvalue weighted by molar-refractivity contribution is 14.2. The van der Waals surface area contributed by atoms with E-state index in [1.807, 2.05) is 0 Å². The summed E-state index contributed by atoms with van der Waals surface area (Å²) in [7, 11) is 0. The molecule has 0 aliphatic carbocycles. The Labute approximate surface area is 56.2 Å². The molecular formula is C3H8INOS. The third-order valence-corrected chi connectivity index (χ3v) is 4.87. The molecule has 1 atom stereocenters. The number of halogens is 1. The molecule has 0 fully saturated rings.